The second-order valence-corrected chi connectivity index (χ2v) is 7.29. The molecule has 29 heavy (non-hydrogen) atoms. The van der Waals surface area contributed by atoms with E-state index in [-0.39, 0.29) is 5.91 Å². The number of aryl methyl sites for hydroxylation is 1. The summed E-state index contributed by atoms with van der Waals surface area (Å²) in [5.41, 5.74) is 8.35. The summed E-state index contributed by atoms with van der Waals surface area (Å²) in [6.07, 6.45) is 6.54. The molecule has 0 aliphatic heterocycles. The van der Waals surface area contributed by atoms with Crippen LogP contribution in [0.25, 0.3) is 16.6 Å². The standard InChI is InChI=1S/C23H21N5O/c1-27-15-16(18-10-5-6-12-20(18)27)14-24-25-23(29)22-19-11-7-13-21(19)28(26-22)17-8-3-2-4-9-17/h2-6,8-10,12,14-15H,7,11,13H2,1H3,(H,25,29)/b24-14+. The Hall–Kier alpha value is -3.67. The predicted molar refractivity (Wildman–Crippen MR) is 114 cm³/mol. The van der Waals surface area contributed by atoms with Crippen LogP contribution in [0.2, 0.25) is 0 Å². The maximum absolute atomic E-state index is 12.8. The first-order valence-electron chi connectivity index (χ1n) is 9.76. The highest BCUT2D eigenvalue weighted by molar-refractivity contribution is 6.00. The fourth-order valence-electron chi connectivity index (χ4n) is 4.09. The molecule has 1 aliphatic rings. The predicted octanol–water partition coefficient (Wildman–Crippen LogP) is 3.62. The molecule has 0 saturated carbocycles. The van der Waals surface area contributed by atoms with Gasteiger partial charge in [-0.2, -0.15) is 10.2 Å². The molecule has 0 atom stereocenters. The Morgan fingerprint density at radius 1 is 1.10 bits per heavy atom. The molecule has 144 valence electrons. The first-order chi connectivity index (χ1) is 14.2. The summed E-state index contributed by atoms with van der Waals surface area (Å²) in [4.78, 5) is 12.8. The van der Waals surface area contributed by atoms with Crippen LogP contribution in [0, 0.1) is 0 Å². The van der Waals surface area contributed by atoms with E-state index in [4.69, 9.17) is 0 Å². The minimum atomic E-state index is -0.269. The molecule has 0 fully saturated rings. The number of nitrogens with one attached hydrogen (secondary N) is 1. The molecule has 0 radical (unpaired) electrons. The van der Waals surface area contributed by atoms with Crippen molar-refractivity contribution in [3.05, 3.63) is 83.3 Å². The zero-order valence-electron chi connectivity index (χ0n) is 16.2. The Labute approximate surface area is 168 Å². The average molecular weight is 383 g/mol. The van der Waals surface area contributed by atoms with E-state index in [9.17, 15) is 4.79 Å². The van der Waals surface area contributed by atoms with Gasteiger partial charge in [-0.3, -0.25) is 4.79 Å². The Morgan fingerprint density at radius 2 is 1.90 bits per heavy atom. The first kappa shape index (κ1) is 17.4. The quantitative estimate of drug-likeness (QED) is 0.432. The maximum atomic E-state index is 12.8. The largest absolute Gasteiger partial charge is 0.350 e. The third-order valence-electron chi connectivity index (χ3n) is 5.44. The van der Waals surface area contributed by atoms with E-state index < -0.39 is 0 Å². The molecule has 0 bridgehead atoms. The monoisotopic (exact) mass is 383 g/mol. The molecule has 0 unspecified atom stereocenters. The number of fused-ring (bicyclic) bond motifs is 2. The summed E-state index contributed by atoms with van der Waals surface area (Å²) >= 11 is 0. The summed E-state index contributed by atoms with van der Waals surface area (Å²) in [5.74, 6) is -0.269. The van der Waals surface area contributed by atoms with E-state index in [1.54, 1.807) is 6.21 Å². The molecule has 1 aliphatic carbocycles. The number of rotatable bonds is 4. The van der Waals surface area contributed by atoms with Gasteiger partial charge in [0.05, 0.1) is 11.9 Å². The van der Waals surface area contributed by atoms with E-state index in [0.717, 1.165) is 52.7 Å². The molecule has 2 heterocycles. The van der Waals surface area contributed by atoms with Gasteiger partial charge in [-0.1, -0.05) is 36.4 Å². The van der Waals surface area contributed by atoms with Crippen LogP contribution in [0.3, 0.4) is 0 Å². The van der Waals surface area contributed by atoms with Crippen LogP contribution >= 0.6 is 0 Å². The zero-order valence-corrected chi connectivity index (χ0v) is 16.2. The van der Waals surface area contributed by atoms with Gasteiger partial charge in [0.1, 0.15) is 0 Å². The van der Waals surface area contributed by atoms with E-state index in [1.807, 2.05) is 71.0 Å². The number of nitrogens with zero attached hydrogens (tertiary/aromatic N) is 4. The lowest BCUT2D eigenvalue weighted by atomic mass is 10.2. The van der Waals surface area contributed by atoms with E-state index in [2.05, 4.69) is 21.7 Å². The zero-order chi connectivity index (χ0) is 19.8. The van der Waals surface area contributed by atoms with Gasteiger partial charge in [-0.05, 0) is 37.5 Å². The van der Waals surface area contributed by atoms with Gasteiger partial charge in [0, 0.05) is 41.0 Å². The van der Waals surface area contributed by atoms with Crippen molar-refractivity contribution in [1.82, 2.24) is 19.8 Å². The van der Waals surface area contributed by atoms with E-state index in [0.29, 0.717) is 5.69 Å². The smallest absolute Gasteiger partial charge is 0.292 e. The Bertz CT molecular complexity index is 1230. The Morgan fingerprint density at radius 3 is 2.76 bits per heavy atom. The summed E-state index contributed by atoms with van der Waals surface area (Å²) in [6.45, 7) is 0. The van der Waals surface area contributed by atoms with Gasteiger partial charge >= 0.3 is 0 Å². The number of amides is 1. The highest BCUT2D eigenvalue weighted by Crippen LogP contribution is 2.27. The normalized spacial score (nSPS) is 13.3. The SMILES string of the molecule is Cn1cc(/C=N/NC(=O)c2nn(-c3ccccc3)c3c2CCC3)c2ccccc21. The summed E-state index contributed by atoms with van der Waals surface area (Å²) < 4.78 is 3.94. The number of hydrazone groups is 1. The second kappa shape index (κ2) is 7.05. The van der Waals surface area contributed by atoms with Gasteiger partial charge in [-0.15, -0.1) is 0 Å². The number of para-hydroxylation sites is 2. The highest BCUT2D eigenvalue weighted by atomic mass is 16.2. The lowest BCUT2D eigenvalue weighted by Gasteiger charge is -2.04. The summed E-state index contributed by atoms with van der Waals surface area (Å²) in [5, 5.41) is 9.91. The van der Waals surface area contributed by atoms with Gasteiger partial charge in [0.15, 0.2) is 5.69 Å². The van der Waals surface area contributed by atoms with Crippen LogP contribution < -0.4 is 5.43 Å². The molecule has 6 heteroatoms. The van der Waals surface area contributed by atoms with Crippen molar-refractivity contribution in [3.8, 4) is 5.69 Å². The minimum absolute atomic E-state index is 0.269. The number of carbonyl (C=O) groups excluding carboxylic acids is 1. The van der Waals surface area contributed by atoms with Crippen molar-refractivity contribution in [3.63, 3.8) is 0 Å². The van der Waals surface area contributed by atoms with Crippen molar-refractivity contribution in [2.24, 2.45) is 12.1 Å². The second-order valence-electron chi connectivity index (χ2n) is 7.29. The lowest BCUT2D eigenvalue weighted by Crippen LogP contribution is -2.20. The summed E-state index contributed by atoms with van der Waals surface area (Å²) in [7, 11) is 2.00. The van der Waals surface area contributed by atoms with Crippen LogP contribution in [0.15, 0.2) is 65.9 Å². The van der Waals surface area contributed by atoms with Gasteiger partial charge in [-0.25, -0.2) is 10.1 Å². The third-order valence-corrected chi connectivity index (χ3v) is 5.44. The first-order valence-corrected chi connectivity index (χ1v) is 9.76. The molecular weight excluding hydrogens is 362 g/mol. The number of carbonyl (C=O) groups is 1. The average Bonchev–Trinajstić information content (AvgIpc) is 3.43. The van der Waals surface area contributed by atoms with Gasteiger partial charge < -0.3 is 4.57 Å². The molecule has 2 aromatic heterocycles. The molecule has 1 N–H and O–H groups in total. The molecule has 0 spiro atoms. The molecule has 1 amide bonds. The number of benzene rings is 2. The topological polar surface area (TPSA) is 64.2 Å². The van der Waals surface area contributed by atoms with Crippen LogP contribution in [-0.4, -0.2) is 26.5 Å². The number of hydrogen-bond donors (Lipinski definition) is 1. The van der Waals surface area contributed by atoms with E-state index >= 15 is 0 Å². The van der Waals surface area contributed by atoms with Crippen molar-refractivity contribution in [2.45, 2.75) is 19.3 Å². The fourth-order valence-corrected chi connectivity index (χ4v) is 4.09. The molecular formula is C23H21N5O. The highest BCUT2D eigenvalue weighted by Gasteiger charge is 2.26. The van der Waals surface area contributed by atoms with Gasteiger partial charge in [0.2, 0.25) is 0 Å². The van der Waals surface area contributed by atoms with Crippen LogP contribution in [0.1, 0.15) is 33.7 Å². The molecule has 6 nitrogen and oxygen atoms in total. The van der Waals surface area contributed by atoms with Crippen molar-refractivity contribution in [2.75, 3.05) is 0 Å². The lowest BCUT2D eigenvalue weighted by molar-refractivity contribution is 0.0949. The minimum Gasteiger partial charge on any atom is -0.350 e. The Balaban J connectivity index is 1.41. The molecule has 4 aromatic rings. The molecule has 5 rings (SSSR count). The fraction of sp³-hybridized carbons (Fsp3) is 0.174. The van der Waals surface area contributed by atoms with E-state index in [1.165, 1.54) is 0 Å². The van der Waals surface area contributed by atoms with Crippen LogP contribution in [0.5, 0.6) is 0 Å². The van der Waals surface area contributed by atoms with Crippen molar-refractivity contribution in [1.29, 1.82) is 0 Å². The number of hydrogen-bond acceptors (Lipinski definition) is 3. The maximum Gasteiger partial charge on any atom is 0.292 e. The van der Waals surface area contributed by atoms with Crippen molar-refractivity contribution >= 4 is 23.0 Å². The number of aromatic nitrogens is 3. The van der Waals surface area contributed by atoms with Crippen LogP contribution in [-0.2, 0) is 19.9 Å². The Kier molecular flexibility index (Phi) is 4.24. The summed E-state index contributed by atoms with van der Waals surface area (Å²) in [6, 6.07) is 18.1. The molecule has 2 aromatic carbocycles. The molecule has 0 saturated heterocycles. The van der Waals surface area contributed by atoms with Crippen LogP contribution in [0.4, 0.5) is 0 Å². The van der Waals surface area contributed by atoms with Gasteiger partial charge in [0.25, 0.3) is 5.91 Å². The van der Waals surface area contributed by atoms with Crippen molar-refractivity contribution < 1.29 is 4.79 Å². The third kappa shape index (κ3) is 3.02.